The summed E-state index contributed by atoms with van der Waals surface area (Å²) in [5, 5.41) is 20.8. The second kappa shape index (κ2) is 16.2. The molecule has 228 valence electrons. The summed E-state index contributed by atoms with van der Waals surface area (Å²) in [6.45, 7) is 12.4. The highest BCUT2D eigenvalue weighted by Crippen LogP contribution is 2.49. The Kier molecular flexibility index (Phi) is 15.6. The predicted molar refractivity (Wildman–Crippen MR) is 211 cm³/mol. The molecule has 2 nitrogen and oxygen atoms in total. The molecule has 0 amide bonds. The molecule has 0 aliphatic heterocycles. The van der Waals surface area contributed by atoms with Gasteiger partial charge in [0.05, 0.1) is 8.95 Å². The first-order valence-electron chi connectivity index (χ1n) is 11.8. The Morgan fingerprint density at radius 2 is 0.500 bits per heavy atom. The predicted octanol–water partition coefficient (Wildman–Crippen LogP) is 15.3. The van der Waals surface area contributed by atoms with E-state index >= 15 is 0 Å². The van der Waals surface area contributed by atoms with Gasteiger partial charge in [0.2, 0.25) is 0 Å². The zero-order valence-electron chi connectivity index (χ0n) is 22.2. The summed E-state index contributed by atoms with van der Waals surface area (Å²) in [6, 6.07) is 7.80. The standard InChI is InChI=1S/C16H14Br4.C14H10Br4O2.2CH4/c1-7-11(17)5-12(18)8(2)15(7)16-9(3)13(19)6-14(20)10(16)4;1-5-7(15)3-9(17)13(19)11(5)12-6(2)8(16)4-10(18)14(12)20;;/h5-6H,1-4H3;3-4,19-20H,1-2H3;2*1H4. The van der Waals surface area contributed by atoms with Crippen molar-refractivity contribution >= 4 is 127 Å². The lowest BCUT2D eigenvalue weighted by Gasteiger charge is -2.20. The summed E-state index contributed by atoms with van der Waals surface area (Å²) in [6.07, 6.45) is 0. The van der Waals surface area contributed by atoms with Crippen molar-refractivity contribution in [3.8, 4) is 33.8 Å². The van der Waals surface area contributed by atoms with Crippen LogP contribution in [0.5, 0.6) is 11.5 Å². The van der Waals surface area contributed by atoms with Crippen molar-refractivity contribution in [2.75, 3.05) is 0 Å². The molecule has 0 aromatic heterocycles. The van der Waals surface area contributed by atoms with E-state index in [2.05, 4.69) is 167 Å². The summed E-state index contributed by atoms with van der Waals surface area (Å²) in [7, 11) is 0. The third-order valence-electron chi connectivity index (χ3n) is 6.84. The van der Waals surface area contributed by atoms with Gasteiger partial charge in [-0.15, -0.1) is 0 Å². The van der Waals surface area contributed by atoms with Crippen molar-refractivity contribution in [1.82, 2.24) is 0 Å². The third-order valence-corrected chi connectivity index (χ3v) is 13.0. The van der Waals surface area contributed by atoms with Crippen molar-refractivity contribution in [1.29, 1.82) is 0 Å². The van der Waals surface area contributed by atoms with Crippen molar-refractivity contribution in [2.24, 2.45) is 0 Å². The topological polar surface area (TPSA) is 40.5 Å². The van der Waals surface area contributed by atoms with E-state index in [1.165, 1.54) is 33.4 Å². The number of phenols is 2. The van der Waals surface area contributed by atoms with Gasteiger partial charge in [0, 0.05) is 38.0 Å². The van der Waals surface area contributed by atoms with Gasteiger partial charge in [0.15, 0.2) is 0 Å². The Morgan fingerprint density at radius 3 is 0.714 bits per heavy atom. The minimum absolute atomic E-state index is 0. The van der Waals surface area contributed by atoms with Crippen molar-refractivity contribution in [3.05, 3.63) is 93.4 Å². The number of rotatable bonds is 2. The highest BCUT2D eigenvalue weighted by molar-refractivity contribution is 9.12. The molecule has 0 bridgehead atoms. The van der Waals surface area contributed by atoms with Gasteiger partial charge in [0.25, 0.3) is 0 Å². The highest BCUT2D eigenvalue weighted by atomic mass is 79.9. The van der Waals surface area contributed by atoms with E-state index in [0.717, 1.165) is 38.0 Å². The molecule has 0 aliphatic carbocycles. The van der Waals surface area contributed by atoms with Crippen LogP contribution in [0.15, 0.2) is 60.0 Å². The van der Waals surface area contributed by atoms with Gasteiger partial charge in [-0.3, -0.25) is 0 Å². The summed E-state index contributed by atoms with van der Waals surface area (Å²) >= 11 is 28.2. The average Bonchev–Trinajstić information content (AvgIpc) is 2.88. The fourth-order valence-corrected chi connectivity index (χ4v) is 9.11. The van der Waals surface area contributed by atoms with Gasteiger partial charge in [-0.2, -0.15) is 0 Å². The fourth-order valence-electron chi connectivity index (χ4n) is 4.47. The van der Waals surface area contributed by atoms with Crippen molar-refractivity contribution in [3.63, 3.8) is 0 Å². The molecule has 0 saturated heterocycles. The van der Waals surface area contributed by atoms with Gasteiger partial charge in [-0.05, 0) is 142 Å². The van der Waals surface area contributed by atoms with E-state index in [1.807, 2.05) is 13.8 Å². The Hall–Kier alpha value is 0.320. The largest absolute Gasteiger partial charge is 0.506 e. The highest BCUT2D eigenvalue weighted by Gasteiger charge is 2.22. The van der Waals surface area contributed by atoms with E-state index in [9.17, 15) is 10.2 Å². The van der Waals surface area contributed by atoms with Gasteiger partial charge < -0.3 is 10.2 Å². The molecular weight excluding hydrogens is 1060 g/mol. The van der Waals surface area contributed by atoms with Crippen molar-refractivity contribution < 1.29 is 10.2 Å². The number of hydrogen-bond acceptors (Lipinski definition) is 2. The second-order valence-electron chi connectivity index (χ2n) is 9.31. The molecule has 42 heavy (non-hydrogen) atoms. The third kappa shape index (κ3) is 7.99. The van der Waals surface area contributed by atoms with Gasteiger partial charge >= 0.3 is 0 Å². The molecule has 10 heteroatoms. The van der Waals surface area contributed by atoms with E-state index < -0.39 is 0 Å². The molecule has 4 rings (SSSR count). The summed E-state index contributed by atoms with van der Waals surface area (Å²) in [5.74, 6) is 0.211. The van der Waals surface area contributed by atoms with Crippen molar-refractivity contribution in [2.45, 2.75) is 56.4 Å². The number of benzene rings is 4. The zero-order valence-corrected chi connectivity index (χ0v) is 34.9. The maximum Gasteiger partial charge on any atom is 0.138 e. The fraction of sp³-hybridized carbons (Fsp3) is 0.250. The summed E-state index contributed by atoms with van der Waals surface area (Å²) < 4.78 is 7.35. The minimum atomic E-state index is 0. The van der Waals surface area contributed by atoms with Gasteiger partial charge in [0.1, 0.15) is 11.5 Å². The molecule has 0 saturated carbocycles. The lowest BCUT2D eigenvalue weighted by molar-refractivity contribution is 0.465. The number of halogens is 8. The molecule has 0 unspecified atom stereocenters. The molecule has 0 fully saturated rings. The summed E-state index contributed by atoms with van der Waals surface area (Å²) in [5.41, 5.74) is 10.6. The first-order valence-corrected chi connectivity index (χ1v) is 18.1. The lowest BCUT2D eigenvalue weighted by atomic mass is 9.89. The maximum atomic E-state index is 10.4. The van der Waals surface area contributed by atoms with Gasteiger partial charge in [-0.1, -0.05) is 110 Å². The van der Waals surface area contributed by atoms with E-state index in [1.54, 1.807) is 12.1 Å². The smallest absolute Gasteiger partial charge is 0.138 e. The maximum absolute atomic E-state index is 10.4. The van der Waals surface area contributed by atoms with E-state index in [0.29, 0.717) is 20.1 Å². The molecule has 0 radical (unpaired) electrons. The number of phenolic OH excluding ortho intramolecular Hbond substituents is 2. The Morgan fingerprint density at radius 1 is 0.333 bits per heavy atom. The quantitative estimate of drug-likeness (QED) is 0.210. The van der Waals surface area contributed by atoms with Crippen LogP contribution in [0.1, 0.15) is 48.2 Å². The molecule has 0 aliphatic rings. The first kappa shape index (κ1) is 40.3. The molecule has 0 atom stereocenters. The Bertz CT molecular complexity index is 1310. The molecule has 4 aromatic carbocycles. The van der Waals surface area contributed by atoms with Crippen LogP contribution < -0.4 is 0 Å². The lowest BCUT2D eigenvalue weighted by Crippen LogP contribution is -1.97. The normalized spacial score (nSPS) is 10.4. The minimum Gasteiger partial charge on any atom is -0.506 e. The number of aromatic hydroxyl groups is 2. The molecule has 2 N–H and O–H groups in total. The van der Waals surface area contributed by atoms with Crippen LogP contribution in [0, 0.1) is 41.5 Å². The molecule has 0 heterocycles. The molecule has 0 spiro atoms. The Labute approximate surface area is 317 Å². The Balaban J connectivity index is 0.000000401. The van der Waals surface area contributed by atoms with E-state index in [-0.39, 0.29) is 26.4 Å². The SMILES string of the molecule is C.C.Cc1c(Br)cc(Br)c(C)c1-c1c(C)c(Br)cc(Br)c1C.Cc1c(Br)cc(Br)c(O)c1-c1c(C)c(Br)cc(Br)c1O. The van der Waals surface area contributed by atoms with E-state index in [4.69, 9.17) is 0 Å². The van der Waals surface area contributed by atoms with Crippen LogP contribution in [-0.4, -0.2) is 10.2 Å². The second-order valence-corrected chi connectivity index (χ2v) is 16.1. The zero-order chi connectivity index (χ0) is 30.4. The van der Waals surface area contributed by atoms with Crippen LogP contribution in [0.25, 0.3) is 22.3 Å². The van der Waals surface area contributed by atoms with Crippen LogP contribution in [-0.2, 0) is 0 Å². The average molecular weight is 1090 g/mol. The van der Waals surface area contributed by atoms with Crippen LogP contribution >= 0.6 is 127 Å². The molecular formula is C32H32Br8O2. The molecule has 4 aromatic rings. The monoisotopic (exact) mass is 1080 g/mol. The van der Waals surface area contributed by atoms with Gasteiger partial charge in [-0.25, -0.2) is 0 Å². The first-order chi connectivity index (χ1) is 18.5. The van der Waals surface area contributed by atoms with Crippen LogP contribution in [0.2, 0.25) is 0 Å². The number of hydrogen-bond donors (Lipinski definition) is 2. The summed E-state index contributed by atoms with van der Waals surface area (Å²) in [4.78, 5) is 0. The van der Waals surface area contributed by atoms with Crippen LogP contribution in [0.4, 0.5) is 0 Å². The van der Waals surface area contributed by atoms with Crippen LogP contribution in [0.3, 0.4) is 0 Å².